The van der Waals surface area contributed by atoms with Crippen molar-refractivity contribution < 1.29 is 9.53 Å². The quantitative estimate of drug-likeness (QED) is 0.941. The Kier molecular flexibility index (Phi) is 4.11. The third-order valence-electron chi connectivity index (χ3n) is 4.86. The summed E-state index contributed by atoms with van der Waals surface area (Å²) in [6.45, 7) is 2.56. The van der Waals surface area contributed by atoms with Gasteiger partial charge in [0.05, 0.1) is 17.3 Å². The van der Waals surface area contributed by atoms with E-state index in [1.165, 1.54) is 12.8 Å². The van der Waals surface area contributed by atoms with E-state index in [1.807, 2.05) is 42.5 Å². The molecule has 1 amide bonds. The van der Waals surface area contributed by atoms with Crippen molar-refractivity contribution in [3.8, 4) is 5.75 Å². The number of ether oxygens (including phenoxy) is 1. The van der Waals surface area contributed by atoms with Crippen LogP contribution in [0.5, 0.6) is 5.75 Å². The number of fused-ring (bicyclic) bond motifs is 1. The van der Waals surface area contributed by atoms with Crippen LogP contribution in [0.25, 0.3) is 0 Å². The van der Waals surface area contributed by atoms with E-state index < -0.39 is 0 Å². The van der Waals surface area contributed by atoms with Crippen LogP contribution in [-0.4, -0.2) is 25.6 Å². The highest BCUT2D eigenvalue weighted by atomic mass is 16.5. The largest absolute Gasteiger partial charge is 0.492 e. The molecule has 0 aliphatic carbocycles. The van der Waals surface area contributed by atoms with Crippen molar-refractivity contribution in [1.29, 1.82) is 0 Å². The number of amides is 1. The number of hydrogen-bond acceptors (Lipinski definition) is 3. The van der Waals surface area contributed by atoms with Gasteiger partial charge >= 0.3 is 0 Å². The SMILES string of the molecule is O=C(Nc1ccccc1N1CCCC1)C1COc2ccccc2C1. The second-order valence-electron chi connectivity index (χ2n) is 6.52. The molecule has 2 aliphatic heterocycles. The Morgan fingerprint density at radius 2 is 1.79 bits per heavy atom. The first-order valence-corrected chi connectivity index (χ1v) is 8.67. The Hall–Kier alpha value is -2.49. The minimum atomic E-state index is -0.147. The number of nitrogens with one attached hydrogen (secondary N) is 1. The van der Waals surface area contributed by atoms with Gasteiger partial charge in [-0.1, -0.05) is 30.3 Å². The zero-order valence-electron chi connectivity index (χ0n) is 13.7. The molecule has 1 unspecified atom stereocenters. The maximum atomic E-state index is 12.7. The monoisotopic (exact) mass is 322 g/mol. The maximum Gasteiger partial charge on any atom is 0.231 e. The summed E-state index contributed by atoms with van der Waals surface area (Å²) in [4.78, 5) is 15.1. The Bertz CT molecular complexity index is 738. The molecule has 0 spiro atoms. The Morgan fingerprint density at radius 1 is 1.04 bits per heavy atom. The van der Waals surface area contributed by atoms with E-state index in [4.69, 9.17) is 4.74 Å². The van der Waals surface area contributed by atoms with Crippen LogP contribution >= 0.6 is 0 Å². The predicted molar refractivity (Wildman–Crippen MR) is 95.6 cm³/mol. The third-order valence-corrected chi connectivity index (χ3v) is 4.86. The van der Waals surface area contributed by atoms with Crippen LogP contribution in [-0.2, 0) is 11.2 Å². The molecule has 0 aromatic heterocycles. The third kappa shape index (κ3) is 2.96. The number of para-hydroxylation sites is 3. The molecule has 1 atom stereocenters. The van der Waals surface area contributed by atoms with Crippen molar-refractivity contribution in [3.05, 3.63) is 54.1 Å². The molecule has 2 aromatic rings. The number of nitrogens with zero attached hydrogens (tertiary/aromatic N) is 1. The van der Waals surface area contributed by atoms with Crippen molar-refractivity contribution in [3.63, 3.8) is 0 Å². The highest BCUT2D eigenvalue weighted by Crippen LogP contribution is 2.31. The molecule has 0 radical (unpaired) electrons. The summed E-state index contributed by atoms with van der Waals surface area (Å²) in [5.41, 5.74) is 3.14. The summed E-state index contributed by atoms with van der Waals surface area (Å²) >= 11 is 0. The van der Waals surface area contributed by atoms with E-state index >= 15 is 0 Å². The number of anilines is 2. The van der Waals surface area contributed by atoms with Gasteiger partial charge in [0.2, 0.25) is 5.91 Å². The van der Waals surface area contributed by atoms with Crippen LogP contribution in [0.2, 0.25) is 0 Å². The summed E-state index contributed by atoms with van der Waals surface area (Å²) in [6.07, 6.45) is 3.17. The van der Waals surface area contributed by atoms with E-state index in [9.17, 15) is 4.79 Å². The average molecular weight is 322 g/mol. The fraction of sp³-hybridized carbons (Fsp3) is 0.350. The standard InChI is InChI=1S/C20H22N2O2/c23-20(16-13-15-7-1-4-10-19(15)24-14-16)21-17-8-2-3-9-18(17)22-11-5-6-12-22/h1-4,7-10,16H,5-6,11-14H2,(H,21,23). The number of carbonyl (C=O) groups excluding carboxylic acids is 1. The molecule has 4 heteroatoms. The summed E-state index contributed by atoms with van der Waals surface area (Å²) in [5.74, 6) is 0.793. The van der Waals surface area contributed by atoms with Crippen LogP contribution in [0.4, 0.5) is 11.4 Å². The molecule has 124 valence electrons. The minimum Gasteiger partial charge on any atom is -0.492 e. The number of benzene rings is 2. The molecule has 2 aliphatic rings. The molecule has 4 nitrogen and oxygen atoms in total. The van der Waals surface area contributed by atoms with Gasteiger partial charge in [-0.05, 0) is 43.0 Å². The second-order valence-corrected chi connectivity index (χ2v) is 6.52. The number of carbonyl (C=O) groups is 1. The minimum absolute atomic E-state index is 0.0381. The zero-order valence-corrected chi connectivity index (χ0v) is 13.7. The molecular weight excluding hydrogens is 300 g/mol. The summed E-state index contributed by atoms with van der Waals surface area (Å²) in [5, 5.41) is 3.13. The summed E-state index contributed by atoms with van der Waals surface area (Å²) < 4.78 is 5.75. The summed E-state index contributed by atoms with van der Waals surface area (Å²) in [7, 11) is 0. The van der Waals surface area contributed by atoms with Crippen molar-refractivity contribution in [2.24, 2.45) is 5.92 Å². The molecule has 2 heterocycles. The topological polar surface area (TPSA) is 41.6 Å². The lowest BCUT2D eigenvalue weighted by Crippen LogP contribution is -2.33. The maximum absolute atomic E-state index is 12.7. The van der Waals surface area contributed by atoms with Crippen molar-refractivity contribution >= 4 is 17.3 Å². The Morgan fingerprint density at radius 3 is 2.67 bits per heavy atom. The van der Waals surface area contributed by atoms with E-state index in [2.05, 4.69) is 16.3 Å². The molecule has 0 saturated carbocycles. The molecule has 4 rings (SSSR count). The van der Waals surface area contributed by atoms with E-state index in [0.29, 0.717) is 6.61 Å². The van der Waals surface area contributed by atoms with Gasteiger partial charge in [-0.2, -0.15) is 0 Å². The predicted octanol–water partition coefficient (Wildman–Crippen LogP) is 3.48. The molecular formula is C20H22N2O2. The lowest BCUT2D eigenvalue weighted by molar-refractivity contribution is -0.121. The molecule has 1 N–H and O–H groups in total. The molecule has 1 fully saturated rings. The van der Waals surface area contributed by atoms with E-state index in [1.54, 1.807) is 0 Å². The van der Waals surface area contributed by atoms with Crippen LogP contribution in [0, 0.1) is 5.92 Å². The summed E-state index contributed by atoms with van der Waals surface area (Å²) in [6, 6.07) is 16.0. The highest BCUT2D eigenvalue weighted by Gasteiger charge is 2.26. The van der Waals surface area contributed by atoms with Crippen molar-refractivity contribution in [1.82, 2.24) is 0 Å². The highest BCUT2D eigenvalue weighted by molar-refractivity contribution is 5.96. The second kappa shape index (κ2) is 6.56. The number of hydrogen-bond donors (Lipinski definition) is 1. The van der Waals surface area contributed by atoms with E-state index in [0.717, 1.165) is 42.2 Å². The fourth-order valence-corrected chi connectivity index (χ4v) is 3.54. The van der Waals surface area contributed by atoms with Gasteiger partial charge in [0.15, 0.2) is 0 Å². The molecule has 1 saturated heterocycles. The zero-order chi connectivity index (χ0) is 16.4. The first kappa shape index (κ1) is 15.1. The van der Waals surface area contributed by atoms with Crippen molar-refractivity contribution in [2.75, 3.05) is 29.9 Å². The van der Waals surface area contributed by atoms with Gasteiger partial charge in [-0.15, -0.1) is 0 Å². The van der Waals surface area contributed by atoms with Gasteiger partial charge < -0.3 is 15.0 Å². The van der Waals surface area contributed by atoms with Gasteiger partial charge in [0.1, 0.15) is 12.4 Å². The lowest BCUT2D eigenvalue weighted by Gasteiger charge is -2.26. The van der Waals surface area contributed by atoms with Gasteiger partial charge in [-0.3, -0.25) is 4.79 Å². The van der Waals surface area contributed by atoms with E-state index in [-0.39, 0.29) is 11.8 Å². The molecule has 2 aromatic carbocycles. The van der Waals surface area contributed by atoms with Crippen molar-refractivity contribution in [2.45, 2.75) is 19.3 Å². The van der Waals surface area contributed by atoms with Crippen LogP contribution in [0.1, 0.15) is 18.4 Å². The first-order valence-electron chi connectivity index (χ1n) is 8.67. The Labute approximate surface area is 142 Å². The first-order chi connectivity index (χ1) is 11.8. The fourth-order valence-electron chi connectivity index (χ4n) is 3.54. The lowest BCUT2D eigenvalue weighted by atomic mass is 9.96. The van der Waals surface area contributed by atoms with Gasteiger partial charge in [-0.25, -0.2) is 0 Å². The normalized spacial score (nSPS) is 19.5. The number of rotatable bonds is 3. The average Bonchev–Trinajstić information content (AvgIpc) is 3.16. The van der Waals surface area contributed by atoms with Gasteiger partial charge in [0, 0.05) is 13.1 Å². The van der Waals surface area contributed by atoms with Crippen LogP contribution in [0.15, 0.2) is 48.5 Å². The molecule has 24 heavy (non-hydrogen) atoms. The van der Waals surface area contributed by atoms with Crippen LogP contribution in [0.3, 0.4) is 0 Å². The Balaban J connectivity index is 1.49. The smallest absolute Gasteiger partial charge is 0.231 e. The molecule has 0 bridgehead atoms. The van der Waals surface area contributed by atoms with Gasteiger partial charge in [0.25, 0.3) is 0 Å². The van der Waals surface area contributed by atoms with Crippen LogP contribution < -0.4 is 15.0 Å².